The van der Waals surface area contributed by atoms with E-state index in [1.807, 2.05) is 56.3 Å². The van der Waals surface area contributed by atoms with Crippen molar-refractivity contribution in [3.05, 3.63) is 59.7 Å². The lowest BCUT2D eigenvalue weighted by Gasteiger charge is -2.26. The third-order valence-electron chi connectivity index (χ3n) is 5.32. The Balaban J connectivity index is 2.12. The van der Waals surface area contributed by atoms with Gasteiger partial charge < -0.3 is 25.2 Å². The Kier molecular flexibility index (Phi) is 7.27. The summed E-state index contributed by atoms with van der Waals surface area (Å²) in [5, 5.41) is 9.12. The van der Waals surface area contributed by atoms with E-state index in [0.717, 1.165) is 5.56 Å². The van der Waals surface area contributed by atoms with Gasteiger partial charge in [-0.2, -0.15) is 0 Å². The Bertz CT molecular complexity index is 1010. The van der Waals surface area contributed by atoms with Crippen LogP contribution >= 0.6 is 0 Å². The molecule has 2 aromatic rings. The molecule has 0 spiro atoms. The van der Waals surface area contributed by atoms with E-state index < -0.39 is 42.3 Å². The maximum atomic E-state index is 13.5. The van der Waals surface area contributed by atoms with Crippen molar-refractivity contribution in [3.8, 4) is 5.75 Å². The first-order valence-electron chi connectivity index (χ1n) is 10.4. The summed E-state index contributed by atoms with van der Waals surface area (Å²) in [5.41, 5.74) is 7.63. The molecule has 32 heavy (non-hydrogen) atoms. The molecule has 1 heterocycles. The molecule has 8 nitrogen and oxygen atoms in total. The van der Waals surface area contributed by atoms with Gasteiger partial charge in [0.25, 0.3) is 5.91 Å². The fourth-order valence-corrected chi connectivity index (χ4v) is 3.80. The highest BCUT2D eigenvalue weighted by molar-refractivity contribution is 6.06. The van der Waals surface area contributed by atoms with Crippen molar-refractivity contribution in [2.45, 2.75) is 38.5 Å². The van der Waals surface area contributed by atoms with Crippen molar-refractivity contribution in [1.82, 2.24) is 0 Å². The number of ketones is 1. The smallest absolute Gasteiger partial charge is 0.328 e. The number of hydrogen-bond donors (Lipinski definition) is 2. The summed E-state index contributed by atoms with van der Waals surface area (Å²) >= 11 is 0. The molecule has 0 saturated carbocycles. The Morgan fingerprint density at radius 2 is 1.75 bits per heavy atom. The molecule has 1 amide bonds. The van der Waals surface area contributed by atoms with Crippen molar-refractivity contribution < 1.29 is 29.0 Å². The molecule has 0 fully saturated rings. The van der Waals surface area contributed by atoms with E-state index in [9.17, 15) is 14.4 Å². The molecule has 1 aliphatic rings. The van der Waals surface area contributed by atoms with E-state index >= 15 is 0 Å². The van der Waals surface area contributed by atoms with Crippen LogP contribution in [0.1, 0.15) is 37.5 Å². The number of ether oxygens (including phenoxy) is 2. The summed E-state index contributed by atoms with van der Waals surface area (Å²) in [7, 11) is 1.55. The van der Waals surface area contributed by atoms with Crippen molar-refractivity contribution in [2.24, 2.45) is 11.7 Å². The molecule has 170 valence electrons. The van der Waals surface area contributed by atoms with Crippen LogP contribution in [0.5, 0.6) is 5.75 Å². The Morgan fingerprint density at radius 1 is 1.12 bits per heavy atom. The number of benzene rings is 2. The molecular weight excluding hydrogens is 412 g/mol. The van der Waals surface area contributed by atoms with Gasteiger partial charge in [-0.1, -0.05) is 50.2 Å². The van der Waals surface area contributed by atoms with Gasteiger partial charge in [0, 0.05) is 29.8 Å². The predicted octanol–water partition coefficient (Wildman–Crippen LogP) is 2.54. The number of carboxylic acids is 1. The number of carbonyl (C=O) groups is 3. The zero-order valence-electron chi connectivity index (χ0n) is 18.4. The van der Waals surface area contributed by atoms with Gasteiger partial charge in [0.2, 0.25) is 0 Å². The molecule has 3 unspecified atom stereocenters. The average Bonchev–Trinajstić information content (AvgIpc) is 2.88. The number of carbonyl (C=O) groups excluding carboxylic acids is 2. The quantitative estimate of drug-likeness (QED) is 0.606. The van der Waals surface area contributed by atoms with Gasteiger partial charge in [-0.15, -0.1) is 0 Å². The largest absolute Gasteiger partial charge is 0.496 e. The van der Waals surface area contributed by atoms with Crippen LogP contribution in [0.25, 0.3) is 0 Å². The Morgan fingerprint density at radius 3 is 2.38 bits per heavy atom. The minimum absolute atomic E-state index is 0.146. The average molecular weight is 440 g/mol. The molecule has 0 radical (unpaired) electrons. The monoisotopic (exact) mass is 440 g/mol. The fourth-order valence-electron chi connectivity index (χ4n) is 3.80. The van der Waals surface area contributed by atoms with Crippen LogP contribution in [-0.4, -0.2) is 48.6 Å². The summed E-state index contributed by atoms with van der Waals surface area (Å²) in [6.45, 7) is 4.38. The molecule has 0 aliphatic carbocycles. The number of para-hydroxylation sites is 2. The molecule has 0 aromatic heterocycles. The molecule has 3 atom stereocenters. The molecule has 8 heteroatoms. The SMILES string of the molecule is COc1ccccc1C1OC(CC(=O)C(N)C(=O)O)C(=O)N(CC(C)C)c2ccccc21. The molecule has 0 saturated heterocycles. The van der Waals surface area contributed by atoms with Crippen LogP contribution in [0, 0.1) is 5.92 Å². The molecule has 0 bridgehead atoms. The van der Waals surface area contributed by atoms with Gasteiger partial charge in [0.05, 0.1) is 7.11 Å². The highest BCUT2D eigenvalue weighted by Gasteiger charge is 2.39. The van der Waals surface area contributed by atoms with E-state index in [1.54, 1.807) is 18.1 Å². The van der Waals surface area contributed by atoms with Crippen LogP contribution in [0.2, 0.25) is 0 Å². The number of nitrogens with two attached hydrogens (primary N) is 1. The van der Waals surface area contributed by atoms with Gasteiger partial charge in [0.1, 0.15) is 18.0 Å². The first-order chi connectivity index (χ1) is 15.2. The number of anilines is 1. The summed E-state index contributed by atoms with van der Waals surface area (Å²) in [6, 6.07) is 13.0. The number of aliphatic carboxylic acids is 1. The zero-order chi connectivity index (χ0) is 23.4. The molecular formula is C24H28N2O6. The minimum Gasteiger partial charge on any atom is -0.496 e. The number of rotatable bonds is 8. The van der Waals surface area contributed by atoms with Crippen molar-refractivity contribution in [3.63, 3.8) is 0 Å². The third kappa shape index (κ3) is 4.81. The topological polar surface area (TPSA) is 119 Å². The maximum Gasteiger partial charge on any atom is 0.328 e. The van der Waals surface area contributed by atoms with E-state index in [-0.39, 0.29) is 5.92 Å². The van der Waals surface area contributed by atoms with Gasteiger partial charge in [-0.05, 0) is 18.1 Å². The van der Waals surface area contributed by atoms with Crippen LogP contribution in [0.4, 0.5) is 5.69 Å². The van der Waals surface area contributed by atoms with Crippen molar-refractivity contribution in [1.29, 1.82) is 0 Å². The first kappa shape index (κ1) is 23.4. The van der Waals surface area contributed by atoms with Crippen molar-refractivity contribution in [2.75, 3.05) is 18.6 Å². The second-order valence-electron chi connectivity index (χ2n) is 8.13. The highest BCUT2D eigenvalue weighted by atomic mass is 16.5. The van der Waals surface area contributed by atoms with Gasteiger partial charge in [-0.3, -0.25) is 14.4 Å². The standard InChI is InChI=1S/C24H28N2O6/c1-14(2)13-26-17-10-6-4-8-15(17)22(16-9-5-7-11-19(16)31-3)32-20(23(26)28)12-18(27)21(25)24(29)30/h4-11,14,20-22H,12-13,25H2,1-3H3,(H,29,30). The molecule has 3 rings (SSSR count). The maximum absolute atomic E-state index is 13.5. The molecule has 1 aliphatic heterocycles. The number of fused-ring (bicyclic) bond motifs is 1. The second kappa shape index (κ2) is 9.93. The minimum atomic E-state index is -1.72. The lowest BCUT2D eigenvalue weighted by molar-refractivity contribution is -0.145. The second-order valence-corrected chi connectivity index (χ2v) is 8.13. The number of carboxylic acid groups (broad SMARTS) is 1. The summed E-state index contributed by atoms with van der Waals surface area (Å²) in [5.74, 6) is -1.91. The molecule has 2 aromatic carbocycles. The van der Waals surface area contributed by atoms with Crippen LogP contribution in [0.3, 0.4) is 0 Å². The number of amides is 1. The lowest BCUT2D eigenvalue weighted by atomic mass is 9.98. The summed E-state index contributed by atoms with van der Waals surface area (Å²) in [6.07, 6.45) is -2.35. The highest BCUT2D eigenvalue weighted by Crippen LogP contribution is 2.41. The van der Waals surface area contributed by atoms with Gasteiger partial charge in [-0.25, -0.2) is 0 Å². The van der Waals surface area contributed by atoms with Gasteiger partial charge >= 0.3 is 5.97 Å². The van der Waals surface area contributed by atoms with E-state index in [1.165, 1.54) is 0 Å². The lowest BCUT2D eigenvalue weighted by Crippen LogP contribution is -2.46. The summed E-state index contributed by atoms with van der Waals surface area (Å²) in [4.78, 5) is 38.8. The zero-order valence-corrected chi connectivity index (χ0v) is 18.4. The normalized spacial score (nSPS) is 19.3. The number of hydrogen-bond acceptors (Lipinski definition) is 6. The Hall–Kier alpha value is -3.23. The van der Waals surface area contributed by atoms with E-state index in [4.69, 9.17) is 20.3 Å². The number of Topliss-reactive ketones (excluding diaryl/α,β-unsaturated/α-hetero) is 1. The predicted molar refractivity (Wildman–Crippen MR) is 119 cm³/mol. The number of nitrogens with zero attached hydrogens (tertiary/aromatic N) is 1. The Labute approximate surface area is 186 Å². The number of methoxy groups -OCH3 is 1. The van der Waals surface area contributed by atoms with Crippen molar-refractivity contribution >= 4 is 23.3 Å². The van der Waals surface area contributed by atoms with E-state index in [0.29, 0.717) is 23.5 Å². The van der Waals surface area contributed by atoms with E-state index in [2.05, 4.69) is 0 Å². The molecule has 3 N–H and O–H groups in total. The van der Waals surface area contributed by atoms with Gasteiger partial charge in [0.15, 0.2) is 11.8 Å². The third-order valence-corrected chi connectivity index (χ3v) is 5.32. The van der Waals surface area contributed by atoms with Crippen LogP contribution in [-0.2, 0) is 19.1 Å². The first-order valence-corrected chi connectivity index (χ1v) is 10.4. The fraction of sp³-hybridized carbons (Fsp3) is 0.375. The van der Waals surface area contributed by atoms with Crippen LogP contribution < -0.4 is 15.4 Å². The summed E-state index contributed by atoms with van der Waals surface area (Å²) < 4.78 is 11.8. The van der Waals surface area contributed by atoms with Crippen LogP contribution in [0.15, 0.2) is 48.5 Å².